The summed E-state index contributed by atoms with van der Waals surface area (Å²) in [5, 5.41) is 2.95. The molecule has 0 atom stereocenters. The van der Waals surface area contributed by atoms with Crippen LogP contribution in [-0.4, -0.2) is 34.6 Å². The molecule has 9 heteroatoms. The van der Waals surface area contributed by atoms with Crippen LogP contribution in [-0.2, 0) is 14.8 Å². The van der Waals surface area contributed by atoms with Gasteiger partial charge in [0.15, 0.2) is 0 Å². The topological polar surface area (TPSA) is 84.5 Å². The van der Waals surface area contributed by atoms with E-state index < -0.39 is 10.0 Å². The average Bonchev–Trinajstić information content (AvgIpc) is 2.57. The summed E-state index contributed by atoms with van der Waals surface area (Å²) < 4.78 is 32.2. The van der Waals surface area contributed by atoms with Crippen molar-refractivity contribution in [3.8, 4) is 0 Å². The maximum absolute atomic E-state index is 12.5. The second-order valence-corrected chi connectivity index (χ2v) is 7.50. The lowest BCUT2D eigenvalue weighted by Crippen LogP contribution is -2.27. The molecule has 2 aromatic carbocycles. The molecule has 0 aliphatic rings. The lowest BCUT2D eigenvalue weighted by Gasteiger charge is -2.11. The zero-order valence-electron chi connectivity index (χ0n) is 13.3. The maximum atomic E-state index is 12.5. The van der Waals surface area contributed by atoms with Gasteiger partial charge in [-0.3, -0.25) is 9.52 Å². The number of anilines is 1. The van der Waals surface area contributed by atoms with E-state index in [1.165, 1.54) is 37.4 Å². The second-order valence-electron chi connectivity index (χ2n) is 5.01. The van der Waals surface area contributed by atoms with Gasteiger partial charge in [0.25, 0.3) is 15.9 Å². The third-order valence-electron chi connectivity index (χ3n) is 3.15. The van der Waals surface area contributed by atoms with E-state index in [0.29, 0.717) is 18.7 Å². The van der Waals surface area contributed by atoms with Crippen LogP contribution in [0.2, 0.25) is 10.0 Å². The molecule has 2 rings (SSSR count). The summed E-state index contributed by atoms with van der Waals surface area (Å²) in [6.45, 7) is 0.731. The van der Waals surface area contributed by atoms with Gasteiger partial charge >= 0.3 is 0 Å². The Morgan fingerprint density at radius 1 is 1.16 bits per heavy atom. The Kier molecular flexibility index (Phi) is 6.66. The third-order valence-corrected chi connectivity index (χ3v) is 5.25. The van der Waals surface area contributed by atoms with Crippen LogP contribution < -0.4 is 10.0 Å². The fourth-order valence-electron chi connectivity index (χ4n) is 1.99. The first-order chi connectivity index (χ1) is 11.8. The minimum Gasteiger partial charge on any atom is -0.383 e. The predicted octanol–water partition coefficient (Wildman–Crippen LogP) is 3.17. The van der Waals surface area contributed by atoms with Crippen LogP contribution in [0.15, 0.2) is 47.4 Å². The first kappa shape index (κ1) is 19.5. The van der Waals surface area contributed by atoms with Crippen LogP contribution in [0, 0.1) is 0 Å². The number of methoxy groups -OCH3 is 1. The third kappa shape index (κ3) is 5.34. The smallest absolute Gasteiger partial charge is 0.263 e. The van der Waals surface area contributed by atoms with Crippen molar-refractivity contribution in [1.82, 2.24) is 5.32 Å². The van der Waals surface area contributed by atoms with Crippen LogP contribution in [0.3, 0.4) is 0 Å². The van der Waals surface area contributed by atoms with Gasteiger partial charge in [0.2, 0.25) is 0 Å². The van der Waals surface area contributed by atoms with Gasteiger partial charge in [-0.1, -0.05) is 29.3 Å². The number of ether oxygens (including phenoxy) is 1. The first-order valence-corrected chi connectivity index (χ1v) is 9.42. The van der Waals surface area contributed by atoms with Crippen molar-refractivity contribution < 1.29 is 17.9 Å². The molecule has 1 amide bonds. The molecule has 25 heavy (non-hydrogen) atoms. The van der Waals surface area contributed by atoms with E-state index in [-0.39, 0.29) is 26.5 Å². The van der Waals surface area contributed by atoms with E-state index in [1.54, 1.807) is 12.1 Å². The van der Waals surface area contributed by atoms with E-state index >= 15 is 0 Å². The summed E-state index contributed by atoms with van der Waals surface area (Å²) in [6.07, 6.45) is 0. The van der Waals surface area contributed by atoms with Crippen LogP contribution in [0.5, 0.6) is 0 Å². The maximum Gasteiger partial charge on any atom is 0.263 e. The molecule has 0 aliphatic carbocycles. The molecule has 0 saturated carbocycles. The minimum atomic E-state index is -3.95. The van der Waals surface area contributed by atoms with Gasteiger partial charge in [-0.05, 0) is 36.4 Å². The summed E-state index contributed by atoms with van der Waals surface area (Å²) in [7, 11) is -2.42. The minimum absolute atomic E-state index is 0.0466. The lowest BCUT2D eigenvalue weighted by atomic mass is 10.2. The zero-order chi connectivity index (χ0) is 18.4. The van der Waals surface area contributed by atoms with Crippen molar-refractivity contribution in [2.75, 3.05) is 25.0 Å². The molecule has 2 aromatic rings. The number of halogens is 2. The van der Waals surface area contributed by atoms with Gasteiger partial charge in [-0.25, -0.2) is 8.42 Å². The number of carbonyl (C=O) groups is 1. The summed E-state index contributed by atoms with van der Waals surface area (Å²) >= 11 is 11.8. The highest BCUT2D eigenvalue weighted by molar-refractivity contribution is 7.92. The fourth-order valence-corrected chi connectivity index (χ4v) is 3.80. The molecular formula is C16H16Cl2N2O4S. The monoisotopic (exact) mass is 402 g/mol. The Hall–Kier alpha value is -1.80. The normalized spacial score (nSPS) is 11.2. The second kappa shape index (κ2) is 8.53. The van der Waals surface area contributed by atoms with E-state index in [1.807, 2.05) is 0 Å². The van der Waals surface area contributed by atoms with E-state index in [9.17, 15) is 13.2 Å². The predicted molar refractivity (Wildman–Crippen MR) is 97.9 cm³/mol. The first-order valence-electron chi connectivity index (χ1n) is 7.18. The highest BCUT2D eigenvalue weighted by Crippen LogP contribution is 2.27. The molecular weight excluding hydrogens is 387 g/mol. The number of benzene rings is 2. The van der Waals surface area contributed by atoms with Gasteiger partial charge in [-0.2, -0.15) is 0 Å². The molecule has 2 N–H and O–H groups in total. The number of nitrogens with one attached hydrogen (secondary N) is 2. The summed E-state index contributed by atoms with van der Waals surface area (Å²) in [5.41, 5.74) is 0.545. The van der Waals surface area contributed by atoms with Gasteiger partial charge in [0.05, 0.1) is 11.6 Å². The summed E-state index contributed by atoms with van der Waals surface area (Å²) in [6, 6.07) is 10.3. The van der Waals surface area contributed by atoms with Crippen molar-refractivity contribution in [3.63, 3.8) is 0 Å². The van der Waals surface area contributed by atoms with E-state index in [4.69, 9.17) is 27.9 Å². The largest absolute Gasteiger partial charge is 0.383 e. The Bertz CT molecular complexity index is 872. The average molecular weight is 403 g/mol. The highest BCUT2D eigenvalue weighted by atomic mass is 35.5. The van der Waals surface area contributed by atoms with Gasteiger partial charge < -0.3 is 10.1 Å². The molecule has 6 nitrogen and oxygen atoms in total. The van der Waals surface area contributed by atoms with Gasteiger partial charge in [0, 0.05) is 29.9 Å². The molecule has 0 fully saturated rings. The van der Waals surface area contributed by atoms with Crippen molar-refractivity contribution in [1.29, 1.82) is 0 Å². The quantitative estimate of drug-likeness (QED) is 0.696. The van der Waals surface area contributed by atoms with Crippen molar-refractivity contribution in [2.24, 2.45) is 0 Å². The van der Waals surface area contributed by atoms with E-state index in [2.05, 4.69) is 10.0 Å². The van der Waals surface area contributed by atoms with Gasteiger partial charge in [0.1, 0.15) is 4.90 Å². The Balaban J connectivity index is 2.21. The van der Waals surface area contributed by atoms with Crippen LogP contribution in [0.1, 0.15) is 10.4 Å². The van der Waals surface area contributed by atoms with Crippen molar-refractivity contribution in [2.45, 2.75) is 4.90 Å². The highest BCUT2D eigenvalue weighted by Gasteiger charge is 2.19. The van der Waals surface area contributed by atoms with E-state index in [0.717, 1.165) is 0 Å². The molecule has 134 valence electrons. The van der Waals surface area contributed by atoms with Crippen molar-refractivity contribution >= 4 is 44.8 Å². The molecule has 0 unspecified atom stereocenters. The Morgan fingerprint density at radius 3 is 2.64 bits per heavy atom. The zero-order valence-corrected chi connectivity index (χ0v) is 15.6. The molecule has 0 radical (unpaired) electrons. The number of rotatable bonds is 7. The summed E-state index contributed by atoms with van der Waals surface area (Å²) in [4.78, 5) is 11.9. The van der Waals surface area contributed by atoms with Crippen LogP contribution in [0.4, 0.5) is 5.69 Å². The molecule has 0 aliphatic heterocycles. The number of amides is 1. The van der Waals surface area contributed by atoms with Gasteiger partial charge in [-0.15, -0.1) is 0 Å². The SMILES string of the molecule is COCCNC(=O)c1cccc(NS(=O)(=O)c2cc(Cl)ccc2Cl)c1. The standard InChI is InChI=1S/C16H16Cl2N2O4S/c1-24-8-7-19-16(21)11-3-2-4-13(9-11)20-25(22,23)15-10-12(17)5-6-14(15)18/h2-6,9-10,20H,7-8H2,1H3,(H,19,21). The molecule has 0 aromatic heterocycles. The lowest BCUT2D eigenvalue weighted by molar-refractivity contribution is 0.0937. The Labute approximate surface area is 156 Å². The number of hydrogen-bond acceptors (Lipinski definition) is 4. The molecule has 0 saturated heterocycles. The van der Waals surface area contributed by atoms with Crippen LogP contribution in [0.25, 0.3) is 0 Å². The van der Waals surface area contributed by atoms with Crippen LogP contribution >= 0.6 is 23.2 Å². The Morgan fingerprint density at radius 2 is 1.92 bits per heavy atom. The molecule has 0 spiro atoms. The molecule has 0 bridgehead atoms. The van der Waals surface area contributed by atoms with Crippen molar-refractivity contribution in [3.05, 3.63) is 58.1 Å². The number of sulfonamides is 1. The number of hydrogen-bond donors (Lipinski definition) is 2. The number of carbonyl (C=O) groups excluding carboxylic acids is 1. The summed E-state index contributed by atoms with van der Waals surface area (Å²) in [5.74, 6) is -0.334. The fraction of sp³-hybridized carbons (Fsp3) is 0.188. The molecule has 0 heterocycles.